The highest BCUT2D eigenvalue weighted by atomic mass is 127. The van der Waals surface area contributed by atoms with Gasteiger partial charge in [-0.25, -0.2) is 4.98 Å². The number of methoxy groups -OCH3 is 1. The molecule has 1 aromatic heterocycles. The zero-order chi connectivity index (χ0) is 13.7. The van der Waals surface area contributed by atoms with E-state index in [2.05, 4.69) is 48.8 Å². The summed E-state index contributed by atoms with van der Waals surface area (Å²) in [5.74, 6) is 0.647. The van der Waals surface area contributed by atoms with Crippen molar-refractivity contribution in [2.45, 2.75) is 6.54 Å². The summed E-state index contributed by atoms with van der Waals surface area (Å²) >= 11 is 5.74. The average molecular weight is 437 g/mol. The molecule has 4 nitrogen and oxygen atoms in total. The molecule has 2 rings (SSSR count). The van der Waals surface area contributed by atoms with Crippen LogP contribution in [0.4, 0.5) is 0 Å². The van der Waals surface area contributed by atoms with Crippen molar-refractivity contribution in [3.63, 3.8) is 0 Å². The Balaban J connectivity index is 2.06. The monoisotopic (exact) mass is 436 g/mol. The van der Waals surface area contributed by atoms with Crippen molar-refractivity contribution in [3.8, 4) is 11.5 Å². The Morgan fingerprint density at radius 3 is 3.11 bits per heavy atom. The van der Waals surface area contributed by atoms with Crippen LogP contribution in [-0.4, -0.2) is 25.2 Å². The lowest BCUT2D eigenvalue weighted by molar-refractivity contribution is 0.199. The van der Waals surface area contributed by atoms with Crippen LogP contribution in [0.15, 0.2) is 33.4 Å². The number of aromatic nitrogens is 1. The maximum Gasteiger partial charge on any atom is 0.227 e. The van der Waals surface area contributed by atoms with E-state index in [4.69, 9.17) is 9.15 Å². The second-order valence-corrected chi connectivity index (χ2v) is 6.02. The molecule has 1 heterocycles. The van der Waals surface area contributed by atoms with Crippen LogP contribution in [-0.2, 0) is 11.3 Å². The minimum Gasteiger partial charge on any atom is -0.444 e. The second kappa shape index (κ2) is 7.37. The van der Waals surface area contributed by atoms with Crippen molar-refractivity contribution in [2.24, 2.45) is 0 Å². The molecular formula is C13H14BrIN2O2. The van der Waals surface area contributed by atoms with Crippen molar-refractivity contribution >= 4 is 38.5 Å². The Morgan fingerprint density at radius 2 is 2.32 bits per heavy atom. The lowest BCUT2D eigenvalue weighted by Gasteiger charge is -2.01. The Bertz CT molecular complexity index is 545. The third-order valence-corrected chi connectivity index (χ3v) is 3.93. The standard InChI is InChI=1S/C13H14BrIN2O2/c1-18-5-4-16-7-10-8-19-13(17-10)11-6-9(14)2-3-12(11)15/h2-3,6,8,16H,4-5,7H2,1H3. The van der Waals surface area contributed by atoms with E-state index in [9.17, 15) is 0 Å². The molecule has 0 atom stereocenters. The van der Waals surface area contributed by atoms with Gasteiger partial charge in [0.25, 0.3) is 0 Å². The Labute approximate surface area is 134 Å². The van der Waals surface area contributed by atoms with Crippen LogP contribution in [0.5, 0.6) is 0 Å². The molecule has 0 unspecified atom stereocenters. The van der Waals surface area contributed by atoms with Crippen molar-refractivity contribution in [3.05, 3.63) is 38.2 Å². The minimum absolute atomic E-state index is 0.647. The van der Waals surface area contributed by atoms with Crippen LogP contribution in [0, 0.1) is 3.57 Å². The first-order valence-corrected chi connectivity index (χ1v) is 7.67. The van der Waals surface area contributed by atoms with Crippen LogP contribution in [0.1, 0.15) is 5.69 Å². The first kappa shape index (κ1) is 15.0. The van der Waals surface area contributed by atoms with Crippen molar-refractivity contribution < 1.29 is 9.15 Å². The summed E-state index contributed by atoms with van der Waals surface area (Å²) in [6.07, 6.45) is 1.69. The molecule has 0 aliphatic rings. The molecule has 0 spiro atoms. The molecule has 0 radical (unpaired) electrons. The van der Waals surface area contributed by atoms with Gasteiger partial charge in [0.2, 0.25) is 5.89 Å². The van der Waals surface area contributed by atoms with E-state index in [0.29, 0.717) is 19.0 Å². The third-order valence-electron chi connectivity index (χ3n) is 2.50. The summed E-state index contributed by atoms with van der Waals surface area (Å²) in [4.78, 5) is 4.48. The zero-order valence-electron chi connectivity index (χ0n) is 10.5. The second-order valence-electron chi connectivity index (χ2n) is 3.94. The number of benzene rings is 1. The number of nitrogens with one attached hydrogen (secondary N) is 1. The van der Waals surface area contributed by atoms with Gasteiger partial charge in [0.05, 0.1) is 17.9 Å². The number of rotatable bonds is 6. The van der Waals surface area contributed by atoms with Gasteiger partial charge in [-0.15, -0.1) is 0 Å². The van der Waals surface area contributed by atoms with E-state index in [-0.39, 0.29) is 0 Å². The van der Waals surface area contributed by atoms with E-state index < -0.39 is 0 Å². The van der Waals surface area contributed by atoms with Crippen LogP contribution < -0.4 is 5.32 Å². The van der Waals surface area contributed by atoms with Gasteiger partial charge in [-0.05, 0) is 40.8 Å². The predicted octanol–water partition coefficient (Wildman–Crippen LogP) is 3.44. The number of halogens is 2. The number of hydrogen-bond acceptors (Lipinski definition) is 4. The van der Waals surface area contributed by atoms with Gasteiger partial charge in [0.15, 0.2) is 0 Å². The normalized spacial score (nSPS) is 10.9. The highest BCUT2D eigenvalue weighted by molar-refractivity contribution is 14.1. The fourth-order valence-electron chi connectivity index (χ4n) is 1.56. The third kappa shape index (κ3) is 4.27. The molecule has 0 aliphatic heterocycles. The maximum absolute atomic E-state index is 5.54. The Kier molecular flexibility index (Phi) is 5.80. The molecule has 1 N–H and O–H groups in total. The molecule has 0 fully saturated rings. The molecule has 0 saturated heterocycles. The first-order valence-electron chi connectivity index (χ1n) is 5.80. The fourth-order valence-corrected chi connectivity index (χ4v) is 2.49. The molecule has 0 amide bonds. The summed E-state index contributed by atoms with van der Waals surface area (Å²) in [5, 5.41) is 3.23. The number of hydrogen-bond donors (Lipinski definition) is 1. The molecular weight excluding hydrogens is 423 g/mol. The predicted molar refractivity (Wildman–Crippen MR) is 85.9 cm³/mol. The summed E-state index contributed by atoms with van der Waals surface area (Å²) in [6.45, 7) is 2.17. The summed E-state index contributed by atoms with van der Waals surface area (Å²) in [5.41, 5.74) is 1.89. The summed E-state index contributed by atoms with van der Waals surface area (Å²) in [6, 6.07) is 6.04. The minimum atomic E-state index is 0.647. The highest BCUT2D eigenvalue weighted by Gasteiger charge is 2.10. The highest BCUT2D eigenvalue weighted by Crippen LogP contribution is 2.27. The van der Waals surface area contributed by atoms with E-state index in [0.717, 1.165) is 25.8 Å². The van der Waals surface area contributed by atoms with E-state index in [1.807, 2.05) is 18.2 Å². The molecule has 2 aromatic rings. The van der Waals surface area contributed by atoms with Gasteiger partial charge in [-0.3, -0.25) is 0 Å². The number of ether oxygens (including phenoxy) is 1. The van der Waals surface area contributed by atoms with E-state index in [1.165, 1.54) is 0 Å². The van der Waals surface area contributed by atoms with Gasteiger partial charge in [0, 0.05) is 28.2 Å². The lowest BCUT2D eigenvalue weighted by Crippen LogP contribution is -2.18. The lowest BCUT2D eigenvalue weighted by atomic mass is 10.2. The van der Waals surface area contributed by atoms with Crippen LogP contribution >= 0.6 is 38.5 Å². The van der Waals surface area contributed by atoms with Gasteiger partial charge >= 0.3 is 0 Å². The molecule has 19 heavy (non-hydrogen) atoms. The zero-order valence-corrected chi connectivity index (χ0v) is 14.2. The van der Waals surface area contributed by atoms with Gasteiger partial charge in [-0.1, -0.05) is 15.9 Å². The van der Waals surface area contributed by atoms with Gasteiger partial charge in [-0.2, -0.15) is 0 Å². The molecule has 0 bridgehead atoms. The van der Waals surface area contributed by atoms with Crippen LogP contribution in [0.3, 0.4) is 0 Å². The van der Waals surface area contributed by atoms with Crippen molar-refractivity contribution in [1.82, 2.24) is 10.3 Å². The topological polar surface area (TPSA) is 47.3 Å². The smallest absolute Gasteiger partial charge is 0.227 e. The Morgan fingerprint density at radius 1 is 1.47 bits per heavy atom. The maximum atomic E-state index is 5.54. The van der Waals surface area contributed by atoms with E-state index >= 15 is 0 Å². The SMILES string of the molecule is COCCNCc1coc(-c2cc(Br)ccc2I)n1. The quantitative estimate of drug-likeness (QED) is 0.556. The molecule has 0 saturated carbocycles. The Hall–Kier alpha value is -0.440. The van der Waals surface area contributed by atoms with E-state index in [1.54, 1.807) is 13.4 Å². The number of oxazole rings is 1. The largest absolute Gasteiger partial charge is 0.444 e. The molecule has 1 aromatic carbocycles. The summed E-state index contributed by atoms with van der Waals surface area (Å²) < 4.78 is 12.6. The molecule has 0 aliphatic carbocycles. The van der Waals surface area contributed by atoms with Crippen molar-refractivity contribution in [2.75, 3.05) is 20.3 Å². The fraction of sp³-hybridized carbons (Fsp3) is 0.308. The van der Waals surface area contributed by atoms with Crippen LogP contribution in [0.25, 0.3) is 11.5 Å². The average Bonchev–Trinajstić information content (AvgIpc) is 2.86. The van der Waals surface area contributed by atoms with Gasteiger partial charge < -0.3 is 14.5 Å². The number of nitrogens with zero attached hydrogens (tertiary/aromatic N) is 1. The molecule has 102 valence electrons. The van der Waals surface area contributed by atoms with Gasteiger partial charge in [0.1, 0.15) is 6.26 Å². The molecule has 6 heteroatoms. The van der Waals surface area contributed by atoms with Crippen LogP contribution in [0.2, 0.25) is 0 Å². The summed E-state index contributed by atoms with van der Waals surface area (Å²) in [7, 11) is 1.69. The van der Waals surface area contributed by atoms with Crippen molar-refractivity contribution in [1.29, 1.82) is 0 Å². The first-order chi connectivity index (χ1) is 9.20.